The molecule has 100 valence electrons. The van der Waals surface area contributed by atoms with Gasteiger partial charge in [0.2, 0.25) is 0 Å². The van der Waals surface area contributed by atoms with E-state index in [4.69, 9.17) is 9.11 Å². The van der Waals surface area contributed by atoms with Crippen molar-refractivity contribution in [2.45, 2.75) is 9.79 Å². The van der Waals surface area contributed by atoms with E-state index in [-0.39, 0.29) is 23.4 Å². The Bertz CT molecular complexity index is 794. The third-order valence-electron chi connectivity index (χ3n) is 2.04. The second-order valence-corrected chi connectivity index (χ2v) is 5.98. The number of aromatic nitrogens is 2. The summed E-state index contributed by atoms with van der Waals surface area (Å²) in [7, 11) is -9.22. The van der Waals surface area contributed by atoms with Crippen LogP contribution in [0.3, 0.4) is 0 Å². The van der Waals surface area contributed by atoms with Crippen LogP contribution in [0.1, 0.15) is 0 Å². The highest BCUT2D eigenvalue weighted by atomic mass is 35.5. The van der Waals surface area contributed by atoms with Gasteiger partial charge in [0.15, 0.2) is 0 Å². The summed E-state index contributed by atoms with van der Waals surface area (Å²) in [6.45, 7) is 0. The SMILES string of the molecule is Cl.O=S(=O)(O)c1cc(S(=O)(=O)O)c2nc[nH]c2c1. The minimum atomic E-state index is -4.64. The summed E-state index contributed by atoms with van der Waals surface area (Å²) >= 11 is 0. The number of nitrogens with one attached hydrogen (secondary N) is 1. The highest BCUT2D eigenvalue weighted by molar-refractivity contribution is 7.86. The number of hydrogen-bond acceptors (Lipinski definition) is 5. The van der Waals surface area contributed by atoms with Crippen molar-refractivity contribution in [2.24, 2.45) is 0 Å². The van der Waals surface area contributed by atoms with Crippen LogP contribution in [0.25, 0.3) is 11.0 Å². The lowest BCUT2D eigenvalue weighted by molar-refractivity contribution is 0.482. The van der Waals surface area contributed by atoms with Gasteiger partial charge in [-0.1, -0.05) is 0 Å². The number of aromatic amines is 1. The first-order chi connectivity index (χ1) is 7.69. The molecule has 0 saturated heterocycles. The van der Waals surface area contributed by atoms with Crippen LogP contribution in [0.2, 0.25) is 0 Å². The molecule has 0 unspecified atom stereocenters. The number of rotatable bonds is 2. The van der Waals surface area contributed by atoms with Gasteiger partial charge in [-0.05, 0) is 12.1 Å². The number of nitrogens with zero attached hydrogens (tertiary/aromatic N) is 1. The summed E-state index contributed by atoms with van der Waals surface area (Å²) in [6, 6.07) is 1.64. The zero-order valence-corrected chi connectivity index (χ0v) is 10.9. The fourth-order valence-corrected chi connectivity index (χ4v) is 2.63. The molecule has 0 atom stereocenters. The molecule has 0 aliphatic rings. The van der Waals surface area contributed by atoms with Gasteiger partial charge in [0.1, 0.15) is 10.4 Å². The fraction of sp³-hybridized carbons (Fsp3) is 0. The van der Waals surface area contributed by atoms with E-state index in [9.17, 15) is 16.8 Å². The van der Waals surface area contributed by atoms with E-state index in [2.05, 4.69) is 9.97 Å². The van der Waals surface area contributed by atoms with Crippen LogP contribution in [-0.4, -0.2) is 35.9 Å². The Balaban J connectivity index is 0.00000162. The number of halogens is 1. The van der Waals surface area contributed by atoms with Crippen LogP contribution in [0.15, 0.2) is 28.3 Å². The standard InChI is InChI=1S/C7H6N2O6S2.ClH/c10-16(11,12)4-1-5-7(9-3-8-5)6(2-4)17(13,14)15;/h1-3H,(H,8,9)(H,10,11,12)(H,13,14,15);1H. The summed E-state index contributed by atoms with van der Waals surface area (Å²) < 4.78 is 61.7. The van der Waals surface area contributed by atoms with E-state index < -0.39 is 30.0 Å². The molecule has 3 N–H and O–H groups in total. The molecule has 0 fully saturated rings. The Morgan fingerprint density at radius 2 is 1.67 bits per heavy atom. The minimum absolute atomic E-state index is 0. The van der Waals surface area contributed by atoms with E-state index in [1.54, 1.807) is 0 Å². The highest BCUT2D eigenvalue weighted by Crippen LogP contribution is 2.24. The molecule has 0 bridgehead atoms. The second-order valence-electron chi connectivity index (χ2n) is 3.17. The molecule has 0 spiro atoms. The summed E-state index contributed by atoms with van der Waals surface area (Å²) in [5.41, 5.74) is -0.0485. The molecule has 1 aromatic carbocycles. The third kappa shape index (κ3) is 2.62. The van der Waals surface area contributed by atoms with Gasteiger partial charge in [0.25, 0.3) is 20.2 Å². The number of fused-ring (bicyclic) bond motifs is 1. The first kappa shape index (κ1) is 14.9. The predicted molar refractivity (Wildman–Crippen MR) is 63.0 cm³/mol. The van der Waals surface area contributed by atoms with Gasteiger partial charge >= 0.3 is 0 Å². The number of imidazole rings is 1. The summed E-state index contributed by atoms with van der Waals surface area (Å²) in [5.74, 6) is 0. The van der Waals surface area contributed by atoms with Gasteiger partial charge in [-0.2, -0.15) is 16.8 Å². The zero-order chi connectivity index (χ0) is 12.8. The van der Waals surface area contributed by atoms with Crippen LogP contribution < -0.4 is 0 Å². The lowest BCUT2D eigenvalue weighted by Crippen LogP contribution is -2.04. The van der Waals surface area contributed by atoms with E-state index in [1.165, 1.54) is 0 Å². The molecule has 18 heavy (non-hydrogen) atoms. The van der Waals surface area contributed by atoms with E-state index in [0.29, 0.717) is 6.07 Å². The Morgan fingerprint density at radius 1 is 1.06 bits per heavy atom. The normalized spacial score (nSPS) is 12.3. The molecular formula is C7H7ClN2O6S2. The van der Waals surface area contributed by atoms with Crippen molar-refractivity contribution in [3.63, 3.8) is 0 Å². The summed E-state index contributed by atoms with van der Waals surface area (Å²) in [6.07, 6.45) is 1.13. The smallest absolute Gasteiger partial charge is 0.296 e. The maximum absolute atomic E-state index is 11.0. The Labute approximate surface area is 108 Å². The van der Waals surface area contributed by atoms with Crippen LogP contribution in [0.4, 0.5) is 0 Å². The van der Waals surface area contributed by atoms with Crippen molar-refractivity contribution in [1.82, 2.24) is 9.97 Å². The summed E-state index contributed by atoms with van der Waals surface area (Å²) in [4.78, 5) is 4.78. The van der Waals surface area contributed by atoms with Gasteiger partial charge < -0.3 is 4.98 Å². The van der Waals surface area contributed by atoms with E-state index in [0.717, 1.165) is 12.4 Å². The maximum Gasteiger partial charge on any atom is 0.296 e. The zero-order valence-electron chi connectivity index (χ0n) is 8.43. The fourth-order valence-electron chi connectivity index (χ4n) is 1.34. The average molecular weight is 315 g/mol. The van der Waals surface area contributed by atoms with Crippen molar-refractivity contribution in [3.8, 4) is 0 Å². The molecule has 0 aliphatic heterocycles. The molecule has 11 heteroatoms. The first-order valence-corrected chi connectivity index (χ1v) is 7.00. The molecular weight excluding hydrogens is 308 g/mol. The molecule has 2 rings (SSSR count). The average Bonchev–Trinajstić information content (AvgIpc) is 2.59. The topological polar surface area (TPSA) is 137 Å². The van der Waals surface area contributed by atoms with E-state index in [1.807, 2.05) is 0 Å². The van der Waals surface area contributed by atoms with Crippen LogP contribution in [-0.2, 0) is 20.2 Å². The number of H-pyrrole nitrogens is 1. The van der Waals surface area contributed by atoms with Gasteiger partial charge in [-0.25, -0.2) is 4.98 Å². The summed E-state index contributed by atoms with van der Waals surface area (Å²) in [5, 5.41) is 0. The monoisotopic (exact) mass is 314 g/mol. The van der Waals surface area contributed by atoms with Crippen molar-refractivity contribution < 1.29 is 25.9 Å². The molecule has 0 aliphatic carbocycles. The van der Waals surface area contributed by atoms with Crippen molar-refractivity contribution in [1.29, 1.82) is 0 Å². The largest absolute Gasteiger partial charge is 0.345 e. The molecule has 1 heterocycles. The second kappa shape index (κ2) is 4.48. The van der Waals surface area contributed by atoms with Crippen LogP contribution in [0.5, 0.6) is 0 Å². The van der Waals surface area contributed by atoms with Gasteiger partial charge in [-0.15, -0.1) is 12.4 Å². The lowest BCUT2D eigenvalue weighted by atomic mass is 10.3. The van der Waals surface area contributed by atoms with Gasteiger partial charge in [0.05, 0.1) is 16.7 Å². The Kier molecular flexibility index (Phi) is 3.70. The molecule has 8 nitrogen and oxygen atoms in total. The third-order valence-corrected chi connectivity index (χ3v) is 3.74. The Morgan fingerprint density at radius 3 is 2.17 bits per heavy atom. The molecule has 2 aromatic rings. The van der Waals surface area contributed by atoms with Crippen molar-refractivity contribution >= 4 is 43.7 Å². The number of hydrogen-bond donors (Lipinski definition) is 3. The molecule has 0 saturated carbocycles. The van der Waals surface area contributed by atoms with Crippen LogP contribution >= 0.6 is 12.4 Å². The minimum Gasteiger partial charge on any atom is -0.345 e. The molecule has 0 amide bonds. The van der Waals surface area contributed by atoms with Gasteiger partial charge in [-0.3, -0.25) is 9.11 Å². The highest BCUT2D eigenvalue weighted by Gasteiger charge is 2.21. The quantitative estimate of drug-likeness (QED) is 0.685. The first-order valence-electron chi connectivity index (χ1n) is 4.12. The molecule has 1 aromatic heterocycles. The van der Waals surface area contributed by atoms with Crippen molar-refractivity contribution in [3.05, 3.63) is 18.5 Å². The van der Waals surface area contributed by atoms with E-state index >= 15 is 0 Å². The number of benzene rings is 1. The Hall–Kier alpha value is -1.20. The van der Waals surface area contributed by atoms with Crippen molar-refractivity contribution in [2.75, 3.05) is 0 Å². The van der Waals surface area contributed by atoms with Crippen LogP contribution in [0, 0.1) is 0 Å². The maximum atomic E-state index is 11.0. The molecule has 0 radical (unpaired) electrons. The van der Waals surface area contributed by atoms with Gasteiger partial charge in [0, 0.05) is 0 Å². The lowest BCUT2D eigenvalue weighted by Gasteiger charge is -2.02. The predicted octanol–water partition coefficient (Wildman–Crippen LogP) is 0.478.